The molecule has 3 aromatic rings. The van der Waals surface area contributed by atoms with Crippen molar-refractivity contribution in [3.8, 4) is 0 Å². The third-order valence-electron chi connectivity index (χ3n) is 3.93. The molecule has 1 amide bonds. The fourth-order valence-electron chi connectivity index (χ4n) is 2.52. The number of fused-ring (bicyclic) bond motifs is 1. The predicted molar refractivity (Wildman–Crippen MR) is 105 cm³/mol. The third kappa shape index (κ3) is 3.62. The number of nitrogens with zero attached hydrogens (tertiary/aromatic N) is 3. The number of carbonyl (C=O) groups is 1. The van der Waals surface area contributed by atoms with Crippen molar-refractivity contribution in [1.82, 2.24) is 9.55 Å². The minimum Gasteiger partial charge on any atom is -0.315 e. The van der Waals surface area contributed by atoms with Gasteiger partial charge in [0.25, 0.3) is 5.56 Å². The predicted octanol–water partition coefficient (Wildman–Crippen LogP) is 3.54. The van der Waals surface area contributed by atoms with Gasteiger partial charge in [0, 0.05) is 19.3 Å². The van der Waals surface area contributed by atoms with Crippen LogP contribution < -0.4 is 10.5 Å². The molecule has 0 aliphatic rings. The third-order valence-corrected chi connectivity index (χ3v) is 5.79. The fraction of sp³-hybridized carbons (Fsp3) is 0.278. The van der Waals surface area contributed by atoms with Crippen LogP contribution in [0.4, 0.5) is 5.69 Å². The maximum atomic E-state index is 12.5. The lowest BCUT2D eigenvalue weighted by Gasteiger charge is -2.18. The van der Waals surface area contributed by atoms with Gasteiger partial charge in [-0.25, -0.2) is 4.98 Å². The molecule has 0 radical (unpaired) electrons. The lowest BCUT2D eigenvalue weighted by atomic mass is 10.2. The topological polar surface area (TPSA) is 55.2 Å². The van der Waals surface area contributed by atoms with Crippen molar-refractivity contribution in [2.75, 3.05) is 17.7 Å². The first-order chi connectivity index (χ1) is 12.0. The maximum absolute atomic E-state index is 12.5. The molecular formula is C18H19N3O2S2. The highest BCUT2D eigenvalue weighted by molar-refractivity contribution is 7.99. The van der Waals surface area contributed by atoms with Gasteiger partial charge in [-0.15, -0.1) is 11.3 Å². The van der Waals surface area contributed by atoms with E-state index in [1.165, 1.54) is 23.1 Å². The summed E-state index contributed by atoms with van der Waals surface area (Å²) in [5, 5.41) is 2.45. The van der Waals surface area contributed by atoms with Gasteiger partial charge in [-0.1, -0.05) is 23.9 Å². The SMILES string of the molecule is CCn1c(SCC(=O)N(C)c2cccc(C)c2)nc2ccsc2c1=O. The lowest BCUT2D eigenvalue weighted by Crippen LogP contribution is -2.28. The summed E-state index contributed by atoms with van der Waals surface area (Å²) in [5.41, 5.74) is 2.63. The van der Waals surface area contributed by atoms with Gasteiger partial charge in [0.2, 0.25) is 5.91 Å². The van der Waals surface area contributed by atoms with Gasteiger partial charge in [-0.05, 0) is 43.0 Å². The molecule has 0 saturated heterocycles. The summed E-state index contributed by atoms with van der Waals surface area (Å²) in [4.78, 5) is 31.2. The molecule has 5 nitrogen and oxygen atoms in total. The van der Waals surface area contributed by atoms with Gasteiger partial charge < -0.3 is 4.90 Å². The second kappa shape index (κ2) is 7.41. The monoisotopic (exact) mass is 373 g/mol. The van der Waals surface area contributed by atoms with Crippen LogP contribution in [0.2, 0.25) is 0 Å². The van der Waals surface area contributed by atoms with Crippen LogP contribution in [-0.4, -0.2) is 28.3 Å². The van der Waals surface area contributed by atoms with Gasteiger partial charge in [-0.3, -0.25) is 14.2 Å². The van der Waals surface area contributed by atoms with Crippen LogP contribution in [0.1, 0.15) is 12.5 Å². The standard InChI is InChI=1S/C18H19N3O2S2/c1-4-21-17(23)16-14(8-9-24-16)19-18(21)25-11-15(22)20(3)13-7-5-6-12(2)10-13/h5-10H,4,11H2,1-3H3. The van der Waals surface area contributed by atoms with Gasteiger partial charge in [-0.2, -0.15) is 0 Å². The van der Waals surface area contributed by atoms with E-state index in [1.807, 2.05) is 49.6 Å². The van der Waals surface area contributed by atoms with Gasteiger partial charge in [0.15, 0.2) is 5.16 Å². The van der Waals surface area contributed by atoms with Gasteiger partial charge in [0.05, 0.1) is 11.3 Å². The highest BCUT2D eigenvalue weighted by atomic mass is 32.2. The van der Waals surface area contributed by atoms with Crippen molar-refractivity contribution >= 4 is 44.9 Å². The number of thioether (sulfide) groups is 1. The second-order valence-electron chi connectivity index (χ2n) is 5.66. The highest BCUT2D eigenvalue weighted by Gasteiger charge is 2.16. The van der Waals surface area contributed by atoms with Crippen LogP contribution in [-0.2, 0) is 11.3 Å². The average molecular weight is 374 g/mol. The van der Waals surface area contributed by atoms with E-state index in [-0.39, 0.29) is 17.2 Å². The Bertz CT molecular complexity index is 978. The fourth-order valence-corrected chi connectivity index (χ4v) is 4.27. The highest BCUT2D eigenvalue weighted by Crippen LogP contribution is 2.22. The first-order valence-electron chi connectivity index (χ1n) is 7.95. The number of benzene rings is 1. The van der Waals surface area contributed by atoms with Crippen molar-refractivity contribution in [1.29, 1.82) is 0 Å². The minimum atomic E-state index is -0.0375. The molecule has 7 heteroatoms. The first-order valence-corrected chi connectivity index (χ1v) is 9.82. The van der Waals surface area contributed by atoms with Crippen LogP contribution in [0.15, 0.2) is 45.7 Å². The zero-order valence-corrected chi connectivity index (χ0v) is 16.0. The Labute approximate surface area is 154 Å². The zero-order valence-electron chi connectivity index (χ0n) is 14.4. The largest absolute Gasteiger partial charge is 0.315 e. The van der Waals surface area contributed by atoms with E-state index in [0.29, 0.717) is 21.9 Å². The van der Waals surface area contributed by atoms with E-state index in [4.69, 9.17) is 0 Å². The summed E-state index contributed by atoms with van der Waals surface area (Å²) in [7, 11) is 1.76. The molecule has 0 unspecified atom stereocenters. The number of rotatable bonds is 5. The van der Waals surface area contributed by atoms with E-state index in [2.05, 4.69) is 4.98 Å². The molecule has 0 aliphatic carbocycles. The van der Waals surface area contributed by atoms with E-state index >= 15 is 0 Å². The van der Waals surface area contributed by atoms with Crippen molar-refractivity contribution in [3.63, 3.8) is 0 Å². The molecule has 0 aliphatic heterocycles. The Balaban J connectivity index is 1.80. The van der Waals surface area contributed by atoms with E-state index in [9.17, 15) is 9.59 Å². The molecule has 2 aromatic heterocycles. The molecule has 0 bridgehead atoms. The number of aromatic nitrogens is 2. The molecule has 0 spiro atoms. The van der Waals surface area contributed by atoms with Crippen LogP contribution in [0.25, 0.3) is 10.2 Å². The Kier molecular flexibility index (Phi) is 5.24. The quantitative estimate of drug-likeness (QED) is 0.507. The number of thiophene rings is 1. The van der Waals surface area contributed by atoms with Crippen molar-refractivity contribution in [2.45, 2.75) is 25.5 Å². The molecule has 2 heterocycles. The summed E-state index contributed by atoms with van der Waals surface area (Å²) in [6.45, 7) is 4.44. The Morgan fingerprint density at radius 1 is 1.36 bits per heavy atom. The summed E-state index contributed by atoms with van der Waals surface area (Å²) < 4.78 is 2.29. The molecule has 130 valence electrons. The molecule has 0 N–H and O–H groups in total. The first kappa shape index (κ1) is 17.7. The zero-order chi connectivity index (χ0) is 18.0. The number of hydrogen-bond acceptors (Lipinski definition) is 5. The number of carbonyl (C=O) groups excluding carboxylic acids is 1. The van der Waals surface area contributed by atoms with Crippen LogP contribution in [0, 0.1) is 6.92 Å². The second-order valence-corrected chi connectivity index (χ2v) is 7.52. The Morgan fingerprint density at radius 2 is 2.16 bits per heavy atom. The van der Waals surface area contributed by atoms with Crippen molar-refractivity contribution in [3.05, 3.63) is 51.6 Å². The maximum Gasteiger partial charge on any atom is 0.272 e. The molecule has 0 atom stereocenters. The van der Waals surface area contributed by atoms with Crippen molar-refractivity contribution in [2.24, 2.45) is 0 Å². The van der Waals surface area contributed by atoms with E-state index in [1.54, 1.807) is 16.5 Å². The molecule has 3 rings (SSSR count). The minimum absolute atomic E-state index is 0.0297. The number of amides is 1. The lowest BCUT2D eigenvalue weighted by molar-refractivity contribution is -0.115. The van der Waals surface area contributed by atoms with Crippen LogP contribution in [0.5, 0.6) is 0 Å². The summed E-state index contributed by atoms with van der Waals surface area (Å²) in [6.07, 6.45) is 0. The molecule has 0 fully saturated rings. The van der Waals surface area contributed by atoms with Gasteiger partial charge in [0.1, 0.15) is 4.70 Å². The van der Waals surface area contributed by atoms with E-state index < -0.39 is 0 Å². The number of anilines is 1. The molecule has 25 heavy (non-hydrogen) atoms. The molecular weight excluding hydrogens is 354 g/mol. The normalized spacial score (nSPS) is 11.0. The Morgan fingerprint density at radius 3 is 2.88 bits per heavy atom. The number of aryl methyl sites for hydroxylation is 1. The van der Waals surface area contributed by atoms with Gasteiger partial charge >= 0.3 is 0 Å². The average Bonchev–Trinajstić information content (AvgIpc) is 3.08. The number of hydrogen-bond donors (Lipinski definition) is 0. The summed E-state index contributed by atoms with van der Waals surface area (Å²) in [5.74, 6) is 0.199. The summed E-state index contributed by atoms with van der Waals surface area (Å²) in [6, 6.07) is 9.65. The summed E-state index contributed by atoms with van der Waals surface area (Å²) >= 11 is 2.70. The smallest absolute Gasteiger partial charge is 0.272 e. The van der Waals surface area contributed by atoms with E-state index in [0.717, 1.165) is 11.3 Å². The molecule has 0 saturated carbocycles. The Hall–Kier alpha value is -2.12. The van der Waals surface area contributed by atoms with Crippen LogP contribution >= 0.6 is 23.1 Å². The van der Waals surface area contributed by atoms with Crippen molar-refractivity contribution < 1.29 is 4.79 Å². The van der Waals surface area contributed by atoms with Crippen LogP contribution in [0.3, 0.4) is 0 Å². The molecule has 1 aromatic carbocycles.